The van der Waals surface area contributed by atoms with Gasteiger partial charge >= 0.3 is 0 Å². The van der Waals surface area contributed by atoms with Crippen LogP contribution < -0.4 is 11.1 Å². The van der Waals surface area contributed by atoms with Gasteiger partial charge in [-0.05, 0) is 38.3 Å². The summed E-state index contributed by atoms with van der Waals surface area (Å²) in [4.78, 5) is 14.0. The van der Waals surface area contributed by atoms with Gasteiger partial charge in [-0.3, -0.25) is 4.79 Å². The van der Waals surface area contributed by atoms with Crippen molar-refractivity contribution in [1.82, 2.24) is 10.2 Å². The Hall–Kier alpha value is -0.610. The highest BCUT2D eigenvalue weighted by Gasteiger charge is 2.21. The maximum Gasteiger partial charge on any atom is 0.236 e. The Morgan fingerprint density at radius 1 is 1.56 bits per heavy atom. The zero-order valence-corrected chi connectivity index (χ0v) is 10.7. The lowest BCUT2D eigenvalue weighted by atomic mass is 10.0. The molecule has 1 saturated heterocycles. The minimum atomic E-state index is -0.348. The monoisotopic (exact) mass is 227 g/mol. The lowest BCUT2D eigenvalue weighted by Gasteiger charge is -2.16. The van der Waals surface area contributed by atoms with Crippen molar-refractivity contribution in [3.05, 3.63) is 0 Å². The second-order valence-corrected chi connectivity index (χ2v) is 5.40. The Morgan fingerprint density at radius 2 is 2.25 bits per heavy atom. The summed E-state index contributed by atoms with van der Waals surface area (Å²) in [5.74, 6) is 1.07. The summed E-state index contributed by atoms with van der Waals surface area (Å²) >= 11 is 0. The van der Waals surface area contributed by atoms with Gasteiger partial charge < -0.3 is 16.0 Å². The van der Waals surface area contributed by atoms with Crippen LogP contribution in [0.25, 0.3) is 0 Å². The van der Waals surface area contributed by atoms with E-state index in [1.807, 2.05) is 0 Å². The molecule has 0 aromatic rings. The van der Waals surface area contributed by atoms with Gasteiger partial charge in [-0.1, -0.05) is 13.8 Å². The lowest BCUT2D eigenvalue weighted by molar-refractivity contribution is -0.122. The minimum Gasteiger partial charge on any atom is -0.354 e. The summed E-state index contributed by atoms with van der Waals surface area (Å²) in [5.41, 5.74) is 5.81. The van der Waals surface area contributed by atoms with Crippen molar-refractivity contribution in [2.75, 3.05) is 26.7 Å². The number of carbonyl (C=O) groups excluding carboxylic acids is 1. The van der Waals surface area contributed by atoms with Crippen molar-refractivity contribution >= 4 is 5.91 Å². The van der Waals surface area contributed by atoms with Gasteiger partial charge in [0.25, 0.3) is 0 Å². The zero-order chi connectivity index (χ0) is 12.1. The van der Waals surface area contributed by atoms with Gasteiger partial charge in [0, 0.05) is 13.1 Å². The molecule has 4 heteroatoms. The van der Waals surface area contributed by atoms with Crippen LogP contribution in [0.2, 0.25) is 0 Å². The predicted octanol–water partition coefficient (Wildman–Crippen LogP) is 0.428. The molecule has 0 aromatic heterocycles. The van der Waals surface area contributed by atoms with E-state index in [1.165, 1.54) is 6.42 Å². The fourth-order valence-electron chi connectivity index (χ4n) is 2.18. The Morgan fingerprint density at radius 3 is 2.75 bits per heavy atom. The van der Waals surface area contributed by atoms with E-state index in [1.54, 1.807) is 0 Å². The van der Waals surface area contributed by atoms with E-state index < -0.39 is 0 Å². The molecule has 0 saturated carbocycles. The molecular formula is C12H25N3O. The number of amides is 1. The first-order valence-electron chi connectivity index (χ1n) is 6.21. The summed E-state index contributed by atoms with van der Waals surface area (Å²) < 4.78 is 0. The molecule has 0 bridgehead atoms. The van der Waals surface area contributed by atoms with Crippen LogP contribution in [0.1, 0.15) is 26.7 Å². The van der Waals surface area contributed by atoms with Gasteiger partial charge in [0.1, 0.15) is 0 Å². The van der Waals surface area contributed by atoms with Gasteiger partial charge in [0.05, 0.1) is 6.04 Å². The van der Waals surface area contributed by atoms with Crippen LogP contribution in [-0.2, 0) is 4.79 Å². The number of carbonyl (C=O) groups is 1. The van der Waals surface area contributed by atoms with Crippen molar-refractivity contribution in [3.63, 3.8) is 0 Å². The first-order chi connectivity index (χ1) is 7.49. The minimum absolute atomic E-state index is 0.00301. The third kappa shape index (κ3) is 4.49. The second-order valence-electron chi connectivity index (χ2n) is 5.40. The molecule has 16 heavy (non-hydrogen) atoms. The van der Waals surface area contributed by atoms with Crippen LogP contribution in [0.5, 0.6) is 0 Å². The van der Waals surface area contributed by atoms with E-state index in [2.05, 4.69) is 31.1 Å². The van der Waals surface area contributed by atoms with Gasteiger partial charge in [0.2, 0.25) is 5.91 Å². The van der Waals surface area contributed by atoms with E-state index in [-0.39, 0.29) is 11.9 Å². The summed E-state index contributed by atoms with van der Waals surface area (Å²) in [7, 11) is 2.12. The molecule has 3 N–H and O–H groups in total. The van der Waals surface area contributed by atoms with Crippen LogP contribution in [-0.4, -0.2) is 43.5 Å². The molecule has 1 heterocycles. The van der Waals surface area contributed by atoms with Crippen molar-refractivity contribution in [2.24, 2.45) is 17.6 Å². The Labute approximate surface area is 98.6 Å². The van der Waals surface area contributed by atoms with Gasteiger partial charge in [0.15, 0.2) is 0 Å². The predicted molar refractivity (Wildman–Crippen MR) is 66.0 cm³/mol. The number of hydrogen-bond donors (Lipinski definition) is 2. The average molecular weight is 227 g/mol. The standard InChI is InChI=1S/C12H25N3O/c1-9(2)6-11(13)12(16)14-7-10-4-5-15(3)8-10/h9-11H,4-8,13H2,1-3H3,(H,14,16)/t10?,11-/m1/s1. The molecule has 2 atom stereocenters. The number of nitrogens with two attached hydrogens (primary N) is 1. The summed E-state index contributed by atoms with van der Waals surface area (Å²) in [6, 6.07) is -0.348. The number of rotatable bonds is 5. The molecule has 94 valence electrons. The van der Waals surface area contributed by atoms with Crippen molar-refractivity contribution in [1.29, 1.82) is 0 Å². The van der Waals surface area contributed by atoms with Crippen LogP contribution in [0.15, 0.2) is 0 Å². The fraction of sp³-hybridized carbons (Fsp3) is 0.917. The molecule has 0 aliphatic carbocycles. The van der Waals surface area contributed by atoms with Crippen molar-refractivity contribution in [3.8, 4) is 0 Å². The molecule has 1 aliphatic heterocycles. The zero-order valence-electron chi connectivity index (χ0n) is 10.7. The van der Waals surface area contributed by atoms with Crippen molar-refractivity contribution < 1.29 is 4.79 Å². The fourth-order valence-corrected chi connectivity index (χ4v) is 2.18. The highest BCUT2D eigenvalue weighted by atomic mass is 16.2. The van der Waals surface area contributed by atoms with Gasteiger partial charge in [-0.15, -0.1) is 0 Å². The average Bonchev–Trinajstić information content (AvgIpc) is 2.59. The highest BCUT2D eigenvalue weighted by Crippen LogP contribution is 2.13. The molecular weight excluding hydrogens is 202 g/mol. The Kier molecular flexibility index (Phi) is 5.22. The number of likely N-dealkylation sites (tertiary alicyclic amines) is 1. The van der Waals surface area contributed by atoms with Crippen molar-refractivity contribution in [2.45, 2.75) is 32.7 Å². The smallest absolute Gasteiger partial charge is 0.236 e. The summed E-state index contributed by atoms with van der Waals surface area (Å²) in [6.07, 6.45) is 1.94. The number of nitrogens with one attached hydrogen (secondary N) is 1. The summed E-state index contributed by atoms with van der Waals surface area (Å²) in [5, 5.41) is 2.96. The summed E-state index contributed by atoms with van der Waals surface area (Å²) in [6.45, 7) is 7.16. The third-order valence-corrected chi connectivity index (χ3v) is 3.12. The normalized spacial score (nSPS) is 23.7. The molecule has 1 fully saturated rings. The Bertz CT molecular complexity index is 230. The lowest BCUT2D eigenvalue weighted by Crippen LogP contribution is -2.43. The van der Waals surface area contributed by atoms with E-state index >= 15 is 0 Å². The first-order valence-corrected chi connectivity index (χ1v) is 6.21. The van der Waals surface area contributed by atoms with Crippen LogP contribution in [0.4, 0.5) is 0 Å². The molecule has 1 rings (SSSR count). The Balaban J connectivity index is 2.19. The van der Waals surface area contributed by atoms with Gasteiger partial charge in [-0.2, -0.15) is 0 Å². The first kappa shape index (κ1) is 13.5. The van der Waals surface area contributed by atoms with Crippen LogP contribution >= 0.6 is 0 Å². The quantitative estimate of drug-likeness (QED) is 0.716. The molecule has 1 amide bonds. The highest BCUT2D eigenvalue weighted by molar-refractivity contribution is 5.81. The molecule has 1 aliphatic rings. The topological polar surface area (TPSA) is 58.4 Å². The van der Waals surface area contributed by atoms with E-state index in [4.69, 9.17) is 5.73 Å². The van der Waals surface area contributed by atoms with E-state index in [0.29, 0.717) is 11.8 Å². The van der Waals surface area contributed by atoms with Gasteiger partial charge in [-0.25, -0.2) is 0 Å². The van der Waals surface area contributed by atoms with E-state index in [0.717, 1.165) is 26.1 Å². The van der Waals surface area contributed by atoms with E-state index in [9.17, 15) is 4.79 Å². The van der Waals surface area contributed by atoms with Crippen LogP contribution in [0.3, 0.4) is 0 Å². The molecule has 4 nitrogen and oxygen atoms in total. The molecule has 0 spiro atoms. The maximum atomic E-state index is 11.7. The second kappa shape index (κ2) is 6.21. The SMILES string of the molecule is CC(C)C[C@@H](N)C(=O)NCC1CCN(C)C1. The number of hydrogen-bond acceptors (Lipinski definition) is 3. The molecule has 1 unspecified atom stereocenters. The van der Waals surface area contributed by atoms with Crippen LogP contribution in [0, 0.1) is 11.8 Å². The third-order valence-electron chi connectivity index (χ3n) is 3.12. The molecule has 0 aromatic carbocycles. The molecule has 0 radical (unpaired) electrons. The largest absolute Gasteiger partial charge is 0.354 e. The number of nitrogens with zero attached hydrogens (tertiary/aromatic N) is 1. The maximum absolute atomic E-state index is 11.7.